The summed E-state index contributed by atoms with van der Waals surface area (Å²) < 4.78 is 24.9. The first-order valence-electron chi connectivity index (χ1n) is 6.08. The summed E-state index contributed by atoms with van der Waals surface area (Å²) in [6.45, 7) is 4.32. The van der Waals surface area contributed by atoms with E-state index < -0.39 is 15.6 Å². The molecule has 6 heteroatoms. The molecule has 0 amide bonds. The molecule has 1 saturated carbocycles. The van der Waals surface area contributed by atoms with E-state index >= 15 is 0 Å². The van der Waals surface area contributed by atoms with Gasteiger partial charge in [-0.1, -0.05) is 0 Å². The van der Waals surface area contributed by atoms with Crippen LogP contribution in [0.1, 0.15) is 39.5 Å². The quantitative estimate of drug-likeness (QED) is 0.663. The number of nitrogens with one attached hydrogen (secondary N) is 2. The first-order valence-corrected chi connectivity index (χ1v) is 7.97. The molecule has 0 unspecified atom stereocenters. The summed E-state index contributed by atoms with van der Waals surface area (Å²) in [5.74, 6) is 0. The third-order valence-corrected chi connectivity index (χ3v) is 3.91. The fourth-order valence-electron chi connectivity index (χ4n) is 2.22. The van der Waals surface area contributed by atoms with Crippen LogP contribution < -0.4 is 10.0 Å². The predicted octanol–water partition coefficient (Wildman–Crippen LogP) is 0.207. The Labute approximate surface area is 104 Å². The van der Waals surface area contributed by atoms with Gasteiger partial charge in [0.2, 0.25) is 10.0 Å². The van der Waals surface area contributed by atoms with Crippen molar-refractivity contribution in [3.8, 4) is 0 Å². The summed E-state index contributed by atoms with van der Waals surface area (Å²) in [7, 11) is -3.17. The molecule has 0 aliphatic heterocycles. The normalized spacial score (nSPS) is 27.1. The van der Waals surface area contributed by atoms with Crippen molar-refractivity contribution in [2.75, 3.05) is 12.8 Å². The second-order valence-electron chi connectivity index (χ2n) is 5.64. The van der Waals surface area contributed by atoms with E-state index in [1.807, 2.05) is 13.8 Å². The van der Waals surface area contributed by atoms with Crippen LogP contribution in [0.5, 0.6) is 0 Å². The van der Waals surface area contributed by atoms with E-state index in [-0.39, 0.29) is 6.10 Å². The summed E-state index contributed by atoms with van der Waals surface area (Å²) in [5, 5.41) is 12.8. The Bertz CT molecular complexity index is 333. The number of hydrogen-bond donors (Lipinski definition) is 3. The van der Waals surface area contributed by atoms with E-state index in [0.717, 1.165) is 25.7 Å². The van der Waals surface area contributed by atoms with Crippen molar-refractivity contribution in [2.24, 2.45) is 0 Å². The third-order valence-electron chi connectivity index (χ3n) is 2.99. The topological polar surface area (TPSA) is 78.4 Å². The van der Waals surface area contributed by atoms with Gasteiger partial charge < -0.3 is 10.4 Å². The first-order chi connectivity index (χ1) is 7.68. The van der Waals surface area contributed by atoms with Gasteiger partial charge in [-0.25, -0.2) is 13.1 Å². The van der Waals surface area contributed by atoms with Crippen molar-refractivity contribution in [3.63, 3.8) is 0 Å². The zero-order chi connectivity index (χ0) is 13.1. The molecule has 17 heavy (non-hydrogen) atoms. The molecule has 0 heterocycles. The van der Waals surface area contributed by atoms with E-state index in [0.29, 0.717) is 12.6 Å². The van der Waals surface area contributed by atoms with Gasteiger partial charge in [-0.2, -0.15) is 0 Å². The Balaban J connectivity index is 2.34. The lowest BCUT2D eigenvalue weighted by atomic mass is 9.92. The molecule has 1 rings (SSSR count). The molecule has 0 radical (unpaired) electrons. The SMILES string of the molecule is CC(C)(CNC1CCC(O)CC1)NS(C)(=O)=O. The highest BCUT2D eigenvalue weighted by molar-refractivity contribution is 7.88. The largest absolute Gasteiger partial charge is 0.393 e. The summed E-state index contributed by atoms with van der Waals surface area (Å²) in [5.41, 5.74) is -0.482. The molecule has 5 nitrogen and oxygen atoms in total. The summed E-state index contributed by atoms with van der Waals surface area (Å²) >= 11 is 0. The van der Waals surface area contributed by atoms with Crippen LogP contribution in [-0.2, 0) is 10.0 Å². The minimum atomic E-state index is -3.17. The third kappa shape index (κ3) is 6.35. The number of hydrogen-bond acceptors (Lipinski definition) is 4. The first kappa shape index (κ1) is 14.9. The fourth-order valence-corrected chi connectivity index (χ4v) is 3.29. The molecule has 0 spiro atoms. The van der Waals surface area contributed by atoms with Crippen LogP contribution in [0.2, 0.25) is 0 Å². The zero-order valence-electron chi connectivity index (χ0n) is 10.9. The molecular weight excluding hydrogens is 240 g/mol. The minimum Gasteiger partial charge on any atom is -0.393 e. The predicted molar refractivity (Wildman–Crippen MR) is 68.3 cm³/mol. The van der Waals surface area contributed by atoms with Crippen LogP contribution in [0.4, 0.5) is 0 Å². The average Bonchev–Trinajstić information content (AvgIpc) is 2.13. The van der Waals surface area contributed by atoms with Crippen LogP contribution in [-0.4, -0.2) is 44.0 Å². The number of aliphatic hydroxyl groups is 1. The molecule has 0 aromatic carbocycles. The van der Waals surface area contributed by atoms with Gasteiger partial charge in [0, 0.05) is 18.1 Å². The van der Waals surface area contributed by atoms with E-state index in [1.165, 1.54) is 6.26 Å². The lowest BCUT2D eigenvalue weighted by molar-refractivity contribution is 0.115. The molecule has 1 fully saturated rings. The van der Waals surface area contributed by atoms with Gasteiger partial charge in [-0.15, -0.1) is 0 Å². The monoisotopic (exact) mass is 264 g/mol. The van der Waals surface area contributed by atoms with Gasteiger partial charge in [0.15, 0.2) is 0 Å². The maximum atomic E-state index is 11.2. The molecule has 102 valence electrons. The Hall–Kier alpha value is -0.170. The highest BCUT2D eigenvalue weighted by atomic mass is 32.2. The van der Waals surface area contributed by atoms with Crippen LogP contribution >= 0.6 is 0 Å². The lowest BCUT2D eigenvalue weighted by Gasteiger charge is -2.31. The molecule has 0 saturated heterocycles. The molecule has 0 bridgehead atoms. The Kier molecular flexibility index (Phi) is 4.95. The molecule has 0 atom stereocenters. The summed E-state index contributed by atoms with van der Waals surface area (Å²) in [4.78, 5) is 0. The highest BCUT2D eigenvalue weighted by Gasteiger charge is 2.25. The van der Waals surface area contributed by atoms with E-state index in [9.17, 15) is 13.5 Å². The summed E-state index contributed by atoms with van der Waals surface area (Å²) in [6.07, 6.45) is 4.59. The van der Waals surface area contributed by atoms with Crippen molar-refractivity contribution in [2.45, 2.75) is 57.2 Å². The second-order valence-corrected chi connectivity index (χ2v) is 7.39. The van der Waals surface area contributed by atoms with Crippen molar-refractivity contribution in [3.05, 3.63) is 0 Å². The van der Waals surface area contributed by atoms with E-state index in [2.05, 4.69) is 10.0 Å². The number of sulfonamides is 1. The lowest BCUT2D eigenvalue weighted by Crippen LogP contribution is -2.52. The second kappa shape index (κ2) is 5.65. The molecule has 0 aromatic rings. The minimum absolute atomic E-state index is 0.157. The van der Waals surface area contributed by atoms with Gasteiger partial charge in [-0.3, -0.25) is 0 Å². The van der Waals surface area contributed by atoms with Gasteiger partial charge in [0.25, 0.3) is 0 Å². The number of aliphatic hydroxyl groups excluding tert-OH is 1. The van der Waals surface area contributed by atoms with Crippen LogP contribution in [0.15, 0.2) is 0 Å². The van der Waals surface area contributed by atoms with Gasteiger partial charge >= 0.3 is 0 Å². The summed E-state index contributed by atoms with van der Waals surface area (Å²) in [6, 6.07) is 0.388. The van der Waals surface area contributed by atoms with Gasteiger partial charge in [0.1, 0.15) is 0 Å². The van der Waals surface area contributed by atoms with Crippen molar-refractivity contribution < 1.29 is 13.5 Å². The van der Waals surface area contributed by atoms with Crippen LogP contribution in [0.3, 0.4) is 0 Å². The molecule has 0 aromatic heterocycles. The smallest absolute Gasteiger partial charge is 0.209 e. The van der Waals surface area contributed by atoms with Crippen LogP contribution in [0, 0.1) is 0 Å². The highest BCUT2D eigenvalue weighted by Crippen LogP contribution is 2.18. The molecule has 1 aliphatic rings. The van der Waals surface area contributed by atoms with Gasteiger partial charge in [-0.05, 0) is 39.5 Å². The van der Waals surface area contributed by atoms with Crippen molar-refractivity contribution >= 4 is 10.0 Å². The van der Waals surface area contributed by atoms with Crippen molar-refractivity contribution in [1.29, 1.82) is 0 Å². The Morgan fingerprint density at radius 1 is 1.24 bits per heavy atom. The van der Waals surface area contributed by atoms with E-state index in [1.54, 1.807) is 0 Å². The van der Waals surface area contributed by atoms with Crippen LogP contribution in [0.25, 0.3) is 0 Å². The Morgan fingerprint density at radius 3 is 2.24 bits per heavy atom. The zero-order valence-corrected chi connectivity index (χ0v) is 11.7. The maximum Gasteiger partial charge on any atom is 0.209 e. The Morgan fingerprint density at radius 2 is 1.76 bits per heavy atom. The molecule has 1 aliphatic carbocycles. The maximum absolute atomic E-state index is 11.2. The standard InChI is InChI=1S/C11H24N2O3S/c1-11(2,13-17(3,15)16)8-12-9-4-6-10(14)7-5-9/h9-10,12-14H,4-8H2,1-3H3. The van der Waals surface area contributed by atoms with Crippen molar-refractivity contribution in [1.82, 2.24) is 10.0 Å². The molecule has 3 N–H and O–H groups in total. The average molecular weight is 264 g/mol. The van der Waals surface area contributed by atoms with E-state index in [4.69, 9.17) is 0 Å². The molecular formula is C11H24N2O3S. The van der Waals surface area contributed by atoms with Gasteiger partial charge in [0.05, 0.1) is 12.4 Å². The fraction of sp³-hybridized carbons (Fsp3) is 1.00. The number of rotatable bonds is 5.